The molecule has 0 saturated carbocycles. The summed E-state index contributed by atoms with van der Waals surface area (Å²) in [6.07, 6.45) is 38.0. The van der Waals surface area contributed by atoms with E-state index >= 15 is 0 Å². The zero-order valence-electron chi connectivity index (χ0n) is 75.1. The van der Waals surface area contributed by atoms with Crippen LogP contribution in [-0.4, -0.2) is 0 Å². The molecule has 0 bridgehead atoms. The summed E-state index contributed by atoms with van der Waals surface area (Å²) in [6, 6.07) is 111. The van der Waals surface area contributed by atoms with Crippen molar-refractivity contribution in [2.45, 2.75) is 257 Å². The number of unbranched alkanes of at least 4 members (excludes halogenated alkanes) is 13. The van der Waals surface area contributed by atoms with Gasteiger partial charge in [0, 0.05) is 27.9 Å². The van der Waals surface area contributed by atoms with Crippen LogP contribution in [0.15, 0.2) is 298 Å². The number of hydrogen-bond acceptors (Lipinski definition) is 1. The third-order valence-electron chi connectivity index (χ3n) is 29.3. The predicted molar refractivity (Wildman–Crippen MR) is 529 cm³/mol. The summed E-state index contributed by atoms with van der Waals surface area (Å²) in [4.78, 5) is 2.42. The summed E-state index contributed by atoms with van der Waals surface area (Å²) in [5, 5.41) is 0. The first-order valence-corrected chi connectivity index (χ1v) is 47.9. The maximum absolute atomic E-state index is 4.23. The molecule has 0 spiro atoms. The fraction of sp³-hybridized carbons (Fsp3) is 0.328. The van der Waals surface area contributed by atoms with Crippen LogP contribution in [0.25, 0.3) is 66.8 Å². The average molecular weight is 1610 g/mol. The van der Waals surface area contributed by atoms with Crippen LogP contribution in [-0.2, 0) is 54.8 Å². The quantitative estimate of drug-likeness (QED) is 0.0273. The van der Waals surface area contributed by atoms with Crippen LogP contribution >= 0.6 is 0 Å². The molecular formula is C122H131N. The van der Waals surface area contributed by atoms with Gasteiger partial charge in [0.1, 0.15) is 0 Å². The second-order valence-electron chi connectivity index (χ2n) is 37.3. The number of benzene rings is 13. The van der Waals surface area contributed by atoms with Gasteiger partial charge in [-0.25, -0.2) is 0 Å². The molecule has 0 aliphatic heterocycles. The standard InChI is InChI=1S/C122H131N/c1-10-16-21-25-32-89-40-58-102(59-41-89)121(78-31-24-28-35-92-39-46-94-47-48-96(94)80-92)116-82-99(98-54-71-109-108-70-38-87(8)79-114(108)120(115(109)81-98,76-29-19-13-4)77-30-20-14-5)55-72-110(116)111-73-56-100(83-117(111)121)101-57-75-113-112-74-53-97(95-51-68-107(69-52-95)123(105-64-36-86(7)37-65-105)106-66-49-93(50-67-106)88(9)15-6)84-118(112)122(119(113)85-101,103-60-42-90(43-61-103)33-26-22-17-11-2)104-62-44-91(45-63-104)34-27-23-18-12-3/h13-14,36-46,49-75,79-85,88H,4-5,10-12,15-35,47-48,76-78H2,1-3,6-9H3. The molecule has 13 aromatic carbocycles. The Morgan fingerprint density at radius 1 is 0.309 bits per heavy atom. The van der Waals surface area contributed by atoms with Crippen LogP contribution in [0.4, 0.5) is 17.1 Å². The molecule has 0 N–H and O–H groups in total. The number of anilines is 3. The molecule has 2 unspecified atom stereocenters. The van der Waals surface area contributed by atoms with Gasteiger partial charge in [-0.15, -0.1) is 13.2 Å². The number of aryl methyl sites for hydroxylation is 8. The highest BCUT2D eigenvalue weighted by atomic mass is 15.1. The van der Waals surface area contributed by atoms with E-state index in [1.165, 1.54) is 252 Å². The number of rotatable bonds is 40. The maximum atomic E-state index is 4.23. The van der Waals surface area contributed by atoms with E-state index in [0.717, 1.165) is 107 Å². The molecule has 0 radical (unpaired) electrons. The third kappa shape index (κ3) is 16.9. The van der Waals surface area contributed by atoms with Crippen LogP contribution in [0.1, 0.15) is 288 Å². The van der Waals surface area contributed by atoms with Crippen molar-refractivity contribution in [3.8, 4) is 66.8 Å². The van der Waals surface area contributed by atoms with Crippen LogP contribution in [0.5, 0.6) is 0 Å². The Bertz CT molecular complexity index is 5770. The smallest absolute Gasteiger partial charge is 0.0714 e. The Balaban J connectivity index is 0.824. The molecule has 4 aliphatic rings. The number of allylic oxidation sites excluding steroid dienone is 2. The third-order valence-corrected chi connectivity index (χ3v) is 29.3. The van der Waals surface area contributed by atoms with E-state index in [1.54, 1.807) is 11.1 Å². The highest BCUT2D eigenvalue weighted by Crippen LogP contribution is 2.62. The SMILES string of the molecule is C=CCCCC1(CCCC=C)c2cc(C)ccc2-c2ccc(-c3ccc4c(c3)C(CCCCCc3ccc5c(c3)CC5)(c3ccc(CCCCCC)cc3)c3cc(-c5ccc6c(c5)C(c5ccc(CCCCCC)cc5)(c5ccc(CCCCCC)cc5)c5cc(-c7ccc(N(c8ccc(C)cc8)c8ccc(C(C)CC)cc8)cc7)ccc5-6)ccc3-4)cc21. The van der Waals surface area contributed by atoms with Gasteiger partial charge in [-0.2, -0.15) is 0 Å². The molecule has 4 aliphatic carbocycles. The first-order valence-electron chi connectivity index (χ1n) is 47.9. The molecule has 0 fully saturated rings. The van der Waals surface area contributed by atoms with Gasteiger partial charge in [0.05, 0.1) is 5.41 Å². The molecule has 17 rings (SSSR count). The number of nitrogens with zero attached hydrogens (tertiary/aromatic N) is 1. The van der Waals surface area contributed by atoms with Crippen LogP contribution in [0.3, 0.4) is 0 Å². The second kappa shape index (κ2) is 38.1. The van der Waals surface area contributed by atoms with Crippen molar-refractivity contribution in [1.82, 2.24) is 0 Å². The largest absolute Gasteiger partial charge is 0.311 e. The fourth-order valence-electron chi connectivity index (χ4n) is 22.0. The maximum Gasteiger partial charge on any atom is 0.0714 e. The normalized spacial score (nSPS) is 14.8. The van der Waals surface area contributed by atoms with Crippen molar-refractivity contribution in [2.75, 3.05) is 4.90 Å². The molecular weight excluding hydrogens is 1480 g/mol. The van der Waals surface area contributed by atoms with Gasteiger partial charge in [-0.3, -0.25) is 0 Å². The summed E-state index contributed by atoms with van der Waals surface area (Å²) in [6.45, 7) is 24.5. The summed E-state index contributed by atoms with van der Waals surface area (Å²) in [5.74, 6) is 0.502. The Labute approximate surface area is 739 Å². The first kappa shape index (κ1) is 84.4. The molecule has 123 heavy (non-hydrogen) atoms. The van der Waals surface area contributed by atoms with Gasteiger partial charge < -0.3 is 4.90 Å². The van der Waals surface area contributed by atoms with Crippen LogP contribution in [0.2, 0.25) is 0 Å². The average Bonchev–Trinajstić information content (AvgIpc) is 1.53. The van der Waals surface area contributed by atoms with Crippen molar-refractivity contribution >= 4 is 17.1 Å². The highest BCUT2D eigenvalue weighted by Gasteiger charge is 2.49. The summed E-state index contributed by atoms with van der Waals surface area (Å²) in [5.41, 5.74) is 43.4. The van der Waals surface area contributed by atoms with Crippen LogP contribution < -0.4 is 4.90 Å². The molecule has 2 atom stereocenters. The lowest BCUT2D eigenvalue weighted by atomic mass is 9.66. The molecule has 624 valence electrons. The fourth-order valence-corrected chi connectivity index (χ4v) is 22.0. The summed E-state index contributed by atoms with van der Waals surface area (Å²) < 4.78 is 0. The van der Waals surface area contributed by atoms with Crippen molar-refractivity contribution in [1.29, 1.82) is 0 Å². The topological polar surface area (TPSA) is 3.24 Å². The Kier molecular flexibility index (Phi) is 26.1. The molecule has 1 heteroatoms. The van der Waals surface area contributed by atoms with Gasteiger partial charge in [0.25, 0.3) is 0 Å². The number of fused-ring (bicyclic) bond motifs is 10. The highest BCUT2D eigenvalue weighted by molar-refractivity contribution is 5.94. The summed E-state index contributed by atoms with van der Waals surface area (Å²) in [7, 11) is 0. The Morgan fingerprint density at radius 3 is 1.12 bits per heavy atom. The lowest BCUT2D eigenvalue weighted by Crippen LogP contribution is -2.29. The van der Waals surface area contributed by atoms with E-state index < -0.39 is 10.8 Å². The summed E-state index contributed by atoms with van der Waals surface area (Å²) >= 11 is 0. The van der Waals surface area contributed by atoms with E-state index in [-0.39, 0.29) is 5.41 Å². The minimum atomic E-state index is -0.663. The van der Waals surface area contributed by atoms with Crippen molar-refractivity contribution in [3.63, 3.8) is 0 Å². The van der Waals surface area contributed by atoms with Crippen molar-refractivity contribution in [3.05, 3.63) is 398 Å². The zero-order valence-corrected chi connectivity index (χ0v) is 75.1. The monoisotopic (exact) mass is 1610 g/mol. The molecule has 0 saturated heterocycles. The minimum Gasteiger partial charge on any atom is -0.311 e. The van der Waals surface area contributed by atoms with Gasteiger partial charge in [0.15, 0.2) is 0 Å². The Morgan fingerprint density at radius 2 is 0.675 bits per heavy atom. The lowest BCUT2D eigenvalue weighted by molar-refractivity contribution is 0.422. The van der Waals surface area contributed by atoms with E-state index in [0.29, 0.717) is 5.92 Å². The number of hydrogen-bond donors (Lipinski definition) is 0. The lowest BCUT2D eigenvalue weighted by Gasteiger charge is -2.35. The van der Waals surface area contributed by atoms with Gasteiger partial charge in [-0.05, 0) is 358 Å². The molecule has 0 aromatic heterocycles. The minimum absolute atomic E-state index is 0.107. The van der Waals surface area contributed by atoms with Gasteiger partial charge in [0.2, 0.25) is 0 Å². The van der Waals surface area contributed by atoms with E-state index in [2.05, 4.69) is 352 Å². The molecule has 0 heterocycles. The molecule has 1 nitrogen and oxygen atoms in total. The Hall–Kier alpha value is -10.9. The van der Waals surface area contributed by atoms with Crippen LogP contribution in [0, 0.1) is 13.8 Å². The van der Waals surface area contributed by atoms with E-state index in [9.17, 15) is 0 Å². The van der Waals surface area contributed by atoms with E-state index in [1.807, 2.05) is 0 Å². The van der Waals surface area contributed by atoms with E-state index in [4.69, 9.17) is 0 Å². The predicted octanol–water partition coefficient (Wildman–Crippen LogP) is 34.2. The van der Waals surface area contributed by atoms with Gasteiger partial charge in [-0.1, -0.05) is 335 Å². The zero-order chi connectivity index (χ0) is 84.4. The van der Waals surface area contributed by atoms with Gasteiger partial charge >= 0.3 is 0 Å². The van der Waals surface area contributed by atoms with Crippen molar-refractivity contribution in [2.24, 2.45) is 0 Å². The van der Waals surface area contributed by atoms with Crippen molar-refractivity contribution < 1.29 is 0 Å². The molecule has 13 aromatic rings. The second-order valence-corrected chi connectivity index (χ2v) is 37.3. The molecule has 0 amide bonds. The first-order chi connectivity index (χ1) is 60.4.